The summed E-state index contributed by atoms with van der Waals surface area (Å²) >= 11 is 0. The van der Waals surface area contributed by atoms with E-state index in [1.807, 2.05) is 20.8 Å². The number of carbonyl (C=O) groups excluding carboxylic acids is 1. The molecule has 1 spiro atoms. The summed E-state index contributed by atoms with van der Waals surface area (Å²) in [7, 11) is -4.97. The lowest BCUT2D eigenvalue weighted by molar-refractivity contribution is -0.132. The van der Waals surface area contributed by atoms with Crippen LogP contribution in [0.3, 0.4) is 0 Å². The quantitative estimate of drug-likeness (QED) is 0.660. The molecule has 2 bridgehead atoms. The fourth-order valence-electron chi connectivity index (χ4n) is 5.32. The molecule has 27 heavy (non-hydrogen) atoms. The van der Waals surface area contributed by atoms with E-state index in [4.69, 9.17) is 0 Å². The molecule has 0 aromatic carbocycles. The third-order valence-corrected chi connectivity index (χ3v) is 10.5. The number of nitrogens with zero attached hydrogens (tertiary/aromatic N) is 2. The lowest BCUT2D eigenvalue weighted by Crippen LogP contribution is -2.46. The minimum Gasteiger partial charge on any atom is -0.273 e. The van der Waals surface area contributed by atoms with Crippen molar-refractivity contribution in [3.63, 3.8) is 0 Å². The summed E-state index contributed by atoms with van der Waals surface area (Å²) in [6.45, 7) is 11.6. The molecular weight excluding hydrogens is 384 g/mol. The Kier molecular flexibility index (Phi) is 4.95. The Hall–Kier alpha value is -0.760. The highest BCUT2D eigenvalue weighted by molar-refractivity contribution is 7.90. The second-order valence-electron chi connectivity index (χ2n) is 10.0. The minimum atomic E-state index is -3.59. The van der Waals surface area contributed by atoms with Gasteiger partial charge < -0.3 is 0 Å². The molecule has 8 heteroatoms. The monoisotopic (exact) mass is 416 g/mol. The number of amides is 1. The lowest BCUT2D eigenvalue weighted by atomic mass is 9.69. The first-order valence-corrected chi connectivity index (χ1v) is 12.5. The van der Waals surface area contributed by atoms with Crippen molar-refractivity contribution in [1.29, 1.82) is 0 Å². The number of hydrogen-bond donors (Lipinski definition) is 0. The summed E-state index contributed by atoms with van der Waals surface area (Å²) in [6.07, 6.45) is 4.53. The van der Waals surface area contributed by atoms with Gasteiger partial charge in [-0.15, -0.1) is 0 Å². The van der Waals surface area contributed by atoms with Gasteiger partial charge >= 0.3 is 0 Å². The predicted molar refractivity (Wildman–Crippen MR) is 108 cm³/mol. The molecule has 5 atom stereocenters. The van der Waals surface area contributed by atoms with Crippen LogP contribution in [0.15, 0.2) is 4.40 Å². The third kappa shape index (κ3) is 3.11. The standard InChI is InChI=1S/C19H32N2O4S2/c1-13(8-10-20-26(23)17(2,3)4)16(22)21-15-11-14-7-9-19(15,18(14,5)6)12-27(21,24)25/h10,13-15H,7-9,11-12H2,1-6H3/b20-10+/t13-,14+,15+,19?,26-/m0/s1. The van der Waals surface area contributed by atoms with Gasteiger partial charge in [0.25, 0.3) is 0 Å². The van der Waals surface area contributed by atoms with E-state index in [-0.39, 0.29) is 28.5 Å². The summed E-state index contributed by atoms with van der Waals surface area (Å²) in [5, 5.41) is 0. The third-order valence-electron chi connectivity index (χ3n) is 7.20. The van der Waals surface area contributed by atoms with Crippen molar-refractivity contribution < 1.29 is 17.4 Å². The summed E-state index contributed by atoms with van der Waals surface area (Å²) < 4.78 is 42.7. The second-order valence-corrected chi connectivity index (χ2v) is 13.8. The maximum atomic E-state index is 13.1. The zero-order valence-electron chi connectivity index (χ0n) is 17.2. The molecule has 1 aliphatic heterocycles. The molecule has 3 aliphatic rings. The topological polar surface area (TPSA) is 83.9 Å². The second kappa shape index (κ2) is 6.37. The van der Waals surface area contributed by atoms with E-state index in [0.29, 0.717) is 12.3 Å². The molecule has 0 aromatic heterocycles. The normalized spacial score (nSPS) is 36.1. The number of sulfonamides is 1. The van der Waals surface area contributed by atoms with E-state index in [9.17, 15) is 17.4 Å². The molecule has 2 aliphatic carbocycles. The van der Waals surface area contributed by atoms with Crippen molar-refractivity contribution in [3.05, 3.63) is 0 Å². The van der Waals surface area contributed by atoms with Gasteiger partial charge in [-0.2, -0.15) is 4.40 Å². The maximum Gasteiger partial charge on any atom is 0.239 e. The average molecular weight is 417 g/mol. The van der Waals surface area contributed by atoms with Crippen LogP contribution in [0.5, 0.6) is 0 Å². The first kappa shape index (κ1) is 21.0. The van der Waals surface area contributed by atoms with E-state index in [2.05, 4.69) is 18.2 Å². The van der Waals surface area contributed by atoms with Gasteiger partial charge in [-0.1, -0.05) is 20.8 Å². The smallest absolute Gasteiger partial charge is 0.239 e. The van der Waals surface area contributed by atoms with Crippen LogP contribution in [-0.2, 0) is 25.8 Å². The SMILES string of the molecule is C[C@@H](C/C=N/[S@@](=O)C(C)(C)C)C(=O)N1[C@@H]2C[C@H]3CCC2(CS1(=O)=O)C3(C)C. The molecular formula is C19H32N2O4S2. The van der Waals surface area contributed by atoms with Gasteiger partial charge in [0.1, 0.15) is 11.0 Å². The van der Waals surface area contributed by atoms with Crippen LogP contribution >= 0.6 is 0 Å². The molecule has 1 amide bonds. The summed E-state index contributed by atoms with van der Waals surface area (Å²) in [5.41, 5.74) is -0.345. The van der Waals surface area contributed by atoms with E-state index < -0.39 is 31.7 Å². The van der Waals surface area contributed by atoms with Crippen LogP contribution in [0.25, 0.3) is 0 Å². The van der Waals surface area contributed by atoms with Crippen molar-refractivity contribution in [2.24, 2.45) is 27.1 Å². The summed E-state index contributed by atoms with van der Waals surface area (Å²) in [6, 6.07) is -0.202. The molecule has 2 saturated carbocycles. The Labute approximate surface area is 165 Å². The van der Waals surface area contributed by atoms with Crippen LogP contribution in [0.4, 0.5) is 0 Å². The highest BCUT2D eigenvalue weighted by atomic mass is 32.2. The van der Waals surface area contributed by atoms with Gasteiger partial charge in [-0.25, -0.2) is 16.9 Å². The van der Waals surface area contributed by atoms with Crippen LogP contribution in [0.2, 0.25) is 0 Å². The fourth-order valence-corrected chi connectivity index (χ4v) is 8.49. The molecule has 154 valence electrons. The highest BCUT2D eigenvalue weighted by Crippen LogP contribution is 2.70. The van der Waals surface area contributed by atoms with Crippen molar-refractivity contribution in [2.45, 2.75) is 78.0 Å². The van der Waals surface area contributed by atoms with E-state index in [0.717, 1.165) is 19.3 Å². The highest BCUT2D eigenvalue weighted by Gasteiger charge is 2.72. The van der Waals surface area contributed by atoms with E-state index >= 15 is 0 Å². The summed E-state index contributed by atoms with van der Waals surface area (Å²) in [4.78, 5) is 13.1. The van der Waals surface area contributed by atoms with Gasteiger partial charge in [0.05, 0.1) is 16.5 Å². The van der Waals surface area contributed by atoms with E-state index in [1.165, 1.54) is 10.5 Å². The number of fused-ring (bicyclic) bond motifs is 1. The average Bonchev–Trinajstić information content (AvgIpc) is 3.00. The van der Waals surface area contributed by atoms with Crippen LogP contribution in [-0.4, -0.2) is 45.6 Å². The molecule has 1 heterocycles. The zero-order valence-corrected chi connectivity index (χ0v) is 18.8. The van der Waals surface area contributed by atoms with Crippen molar-refractivity contribution >= 4 is 33.1 Å². The largest absolute Gasteiger partial charge is 0.273 e. The van der Waals surface area contributed by atoms with Gasteiger partial charge in [-0.3, -0.25) is 4.79 Å². The molecule has 3 rings (SSSR count). The molecule has 0 radical (unpaired) electrons. The fraction of sp³-hybridized carbons (Fsp3) is 0.895. The number of rotatable bonds is 4. The van der Waals surface area contributed by atoms with Crippen LogP contribution in [0.1, 0.15) is 67.2 Å². The lowest BCUT2D eigenvalue weighted by Gasteiger charge is -2.37. The number of hydrogen-bond acceptors (Lipinski definition) is 4. The first-order chi connectivity index (χ1) is 12.2. The Balaban J connectivity index is 1.77. The number of carbonyl (C=O) groups is 1. The summed E-state index contributed by atoms with van der Waals surface area (Å²) in [5.74, 6) is -0.264. The molecule has 3 fully saturated rings. The van der Waals surface area contributed by atoms with Gasteiger partial charge in [0.15, 0.2) is 0 Å². The molecule has 1 saturated heterocycles. The Morgan fingerprint density at radius 3 is 2.56 bits per heavy atom. The van der Waals surface area contributed by atoms with Crippen LogP contribution in [0, 0.1) is 22.7 Å². The van der Waals surface area contributed by atoms with Gasteiger partial charge in [0, 0.05) is 17.5 Å². The van der Waals surface area contributed by atoms with Crippen LogP contribution < -0.4 is 0 Å². The van der Waals surface area contributed by atoms with Crippen molar-refractivity contribution in [2.75, 3.05) is 5.75 Å². The van der Waals surface area contributed by atoms with Crippen molar-refractivity contribution in [3.8, 4) is 0 Å². The van der Waals surface area contributed by atoms with Gasteiger partial charge in [-0.05, 0) is 57.8 Å². The molecule has 1 unspecified atom stereocenters. The molecule has 0 aromatic rings. The Bertz CT molecular complexity index is 797. The predicted octanol–water partition coefficient (Wildman–Crippen LogP) is 2.91. The Morgan fingerprint density at radius 2 is 2.00 bits per heavy atom. The minimum absolute atomic E-state index is 0.0475. The molecule has 6 nitrogen and oxygen atoms in total. The Morgan fingerprint density at radius 1 is 1.37 bits per heavy atom. The van der Waals surface area contributed by atoms with E-state index in [1.54, 1.807) is 6.92 Å². The maximum absolute atomic E-state index is 13.1. The van der Waals surface area contributed by atoms with Gasteiger partial charge in [0.2, 0.25) is 15.9 Å². The first-order valence-electron chi connectivity index (χ1n) is 9.74. The van der Waals surface area contributed by atoms with Crippen molar-refractivity contribution in [1.82, 2.24) is 4.31 Å². The molecule has 0 N–H and O–H groups in total. The zero-order chi connectivity index (χ0) is 20.4.